The normalized spacial score (nSPS) is 17.1. The van der Waals surface area contributed by atoms with Crippen molar-refractivity contribution in [2.45, 2.75) is 43.2 Å². The lowest BCUT2D eigenvalue weighted by Crippen LogP contribution is -2.44. The van der Waals surface area contributed by atoms with Crippen LogP contribution in [0.15, 0.2) is 59.1 Å². The van der Waals surface area contributed by atoms with Gasteiger partial charge in [-0.3, -0.25) is 14.2 Å². The average Bonchev–Trinajstić information content (AvgIpc) is 3.44. The third kappa shape index (κ3) is 4.71. The maximum absolute atomic E-state index is 13.1. The second kappa shape index (κ2) is 8.97. The Hall–Kier alpha value is -2.72. The number of amides is 1. The van der Waals surface area contributed by atoms with Gasteiger partial charge in [-0.25, -0.2) is 13.4 Å². The van der Waals surface area contributed by atoms with Gasteiger partial charge in [0.05, 0.1) is 4.90 Å². The van der Waals surface area contributed by atoms with E-state index in [-0.39, 0.29) is 27.7 Å². The molecular formula is C20H23N5O3S2. The number of aromatic nitrogens is 3. The van der Waals surface area contributed by atoms with E-state index in [1.165, 1.54) is 12.1 Å². The second-order valence-electron chi connectivity index (χ2n) is 7.16. The Labute approximate surface area is 179 Å². The predicted molar refractivity (Wildman–Crippen MR) is 115 cm³/mol. The summed E-state index contributed by atoms with van der Waals surface area (Å²) in [5, 5.41) is 6.03. The fraction of sp³-hybridized carbons (Fsp3) is 0.350. The van der Waals surface area contributed by atoms with Gasteiger partial charge in [-0.2, -0.15) is 5.10 Å². The Bertz CT molecular complexity index is 1080. The fourth-order valence-electron chi connectivity index (χ4n) is 3.62. The lowest BCUT2D eigenvalue weighted by atomic mass is 9.99. The number of rotatable bonds is 7. The first-order chi connectivity index (χ1) is 14.5. The number of piperidine rings is 1. The number of carbonyl (C=O) groups excluding carboxylic acids is 1. The standard InChI is InChI=1S/C20H23N5O3S2/c26-19(25-13-5-4-7-16(25)10-14-24-12-6-11-21-24)18-15-29-20(22-18)23-30(27,28)17-8-2-1-3-9-17/h1-3,6,8-9,11-12,15-16H,4-5,7,10,13-14H2,(H,22,23). The highest BCUT2D eigenvalue weighted by molar-refractivity contribution is 7.93. The van der Waals surface area contributed by atoms with Crippen molar-refractivity contribution >= 4 is 32.4 Å². The largest absolute Gasteiger partial charge is 0.334 e. The van der Waals surface area contributed by atoms with E-state index in [0.29, 0.717) is 6.54 Å². The molecule has 8 nitrogen and oxygen atoms in total. The Morgan fingerprint density at radius 3 is 2.80 bits per heavy atom. The van der Waals surface area contributed by atoms with Gasteiger partial charge >= 0.3 is 0 Å². The summed E-state index contributed by atoms with van der Waals surface area (Å²) in [7, 11) is -3.73. The lowest BCUT2D eigenvalue weighted by molar-refractivity contribution is 0.0589. The van der Waals surface area contributed by atoms with Crippen LogP contribution < -0.4 is 4.72 Å². The molecule has 2 aromatic heterocycles. The Balaban J connectivity index is 1.44. The van der Waals surface area contributed by atoms with Gasteiger partial charge in [-0.15, -0.1) is 11.3 Å². The molecule has 1 aliphatic heterocycles. The van der Waals surface area contributed by atoms with Gasteiger partial charge < -0.3 is 4.90 Å². The van der Waals surface area contributed by atoms with E-state index in [4.69, 9.17) is 0 Å². The van der Waals surface area contributed by atoms with Crippen molar-refractivity contribution in [2.75, 3.05) is 11.3 Å². The van der Waals surface area contributed by atoms with Crippen LogP contribution in [0.25, 0.3) is 0 Å². The average molecular weight is 446 g/mol. The topological polar surface area (TPSA) is 97.2 Å². The highest BCUT2D eigenvalue weighted by Gasteiger charge is 2.29. The fourth-order valence-corrected chi connectivity index (χ4v) is 5.58. The predicted octanol–water partition coefficient (Wildman–Crippen LogP) is 3.23. The van der Waals surface area contributed by atoms with Crippen LogP contribution in [0.2, 0.25) is 0 Å². The van der Waals surface area contributed by atoms with Crippen molar-refractivity contribution in [1.29, 1.82) is 0 Å². The Morgan fingerprint density at radius 2 is 2.03 bits per heavy atom. The van der Waals surface area contributed by atoms with Gasteiger partial charge in [0.25, 0.3) is 15.9 Å². The summed E-state index contributed by atoms with van der Waals surface area (Å²) in [4.78, 5) is 19.4. The number of carbonyl (C=O) groups is 1. The smallest absolute Gasteiger partial charge is 0.273 e. The number of likely N-dealkylation sites (tertiary alicyclic amines) is 1. The minimum atomic E-state index is -3.73. The third-order valence-corrected chi connectivity index (χ3v) is 7.38. The van der Waals surface area contributed by atoms with Crippen molar-refractivity contribution in [3.63, 3.8) is 0 Å². The molecule has 0 bridgehead atoms. The molecule has 158 valence electrons. The van der Waals surface area contributed by atoms with Crippen molar-refractivity contribution in [3.8, 4) is 0 Å². The summed E-state index contributed by atoms with van der Waals surface area (Å²) >= 11 is 1.11. The zero-order valence-electron chi connectivity index (χ0n) is 16.3. The highest BCUT2D eigenvalue weighted by atomic mass is 32.2. The van der Waals surface area contributed by atoms with Crippen LogP contribution in [-0.2, 0) is 16.6 Å². The zero-order chi connectivity index (χ0) is 21.0. The molecule has 1 N–H and O–H groups in total. The van der Waals surface area contributed by atoms with Crippen molar-refractivity contribution in [3.05, 3.63) is 59.9 Å². The number of nitrogens with zero attached hydrogens (tertiary/aromatic N) is 4. The van der Waals surface area contributed by atoms with E-state index in [1.807, 2.05) is 21.8 Å². The van der Waals surface area contributed by atoms with Crippen LogP contribution >= 0.6 is 11.3 Å². The molecule has 0 spiro atoms. The zero-order valence-corrected chi connectivity index (χ0v) is 18.0. The van der Waals surface area contributed by atoms with Crippen molar-refractivity contribution in [1.82, 2.24) is 19.7 Å². The molecule has 30 heavy (non-hydrogen) atoms. The summed E-state index contributed by atoms with van der Waals surface area (Å²) in [5.74, 6) is -0.151. The SMILES string of the molecule is O=C(c1csc(NS(=O)(=O)c2ccccc2)n1)N1CCCCC1CCn1cccn1. The lowest BCUT2D eigenvalue weighted by Gasteiger charge is -2.35. The number of hydrogen-bond donors (Lipinski definition) is 1. The third-order valence-electron chi connectivity index (χ3n) is 5.14. The summed E-state index contributed by atoms with van der Waals surface area (Å²) in [6, 6.07) is 10.1. The maximum atomic E-state index is 13.1. The molecular weight excluding hydrogens is 422 g/mol. The van der Waals surface area contributed by atoms with Crippen LogP contribution in [0.4, 0.5) is 5.13 Å². The molecule has 1 amide bonds. The van der Waals surface area contributed by atoms with Gasteiger partial charge in [-0.1, -0.05) is 18.2 Å². The molecule has 3 aromatic rings. The number of anilines is 1. The second-order valence-corrected chi connectivity index (χ2v) is 9.70. The summed E-state index contributed by atoms with van der Waals surface area (Å²) in [6.45, 7) is 1.44. The number of nitrogens with one attached hydrogen (secondary N) is 1. The molecule has 3 heterocycles. The van der Waals surface area contributed by atoms with E-state index in [1.54, 1.807) is 29.8 Å². The summed E-state index contributed by atoms with van der Waals surface area (Å²) < 4.78 is 29.3. The van der Waals surface area contributed by atoms with Crippen LogP contribution in [0.1, 0.15) is 36.2 Å². The van der Waals surface area contributed by atoms with Gasteiger partial charge in [0.2, 0.25) is 0 Å². The molecule has 1 saturated heterocycles. The quantitative estimate of drug-likeness (QED) is 0.602. The first-order valence-corrected chi connectivity index (χ1v) is 12.2. The maximum Gasteiger partial charge on any atom is 0.273 e. The van der Waals surface area contributed by atoms with Crippen molar-refractivity contribution < 1.29 is 13.2 Å². The minimum absolute atomic E-state index is 0.126. The van der Waals surface area contributed by atoms with E-state index in [9.17, 15) is 13.2 Å². The molecule has 4 rings (SSSR count). The molecule has 1 aliphatic rings. The van der Waals surface area contributed by atoms with Crippen LogP contribution in [-0.4, -0.2) is 46.6 Å². The Kier molecular flexibility index (Phi) is 6.14. The van der Waals surface area contributed by atoms with Crippen LogP contribution in [0, 0.1) is 0 Å². The van der Waals surface area contributed by atoms with Crippen LogP contribution in [0.5, 0.6) is 0 Å². The molecule has 1 aromatic carbocycles. The molecule has 1 fully saturated rings. The number of sulfonamides is 1. The molecule has 1 unspecified atom stereocenters. The molecule has 0 radical (unpaired) electrons. The van der Waals surface area contributed by atoms with Gasteiger partial charge in [-0.05, 0) is 43.9 Å². The monoisotopic (exact) mass is 445 g/mol. The van der Waals surface area contributed by atoms with Crippen molar-refractivity contribution in [2.24, 2.45) is 0 Å². The molecule has 0 saturated carbocycles. The van der Waals surface area contributed by atoms with E-state index < -0.39 is 10.0 Å². The number of benzene rings is 1. The number of thiazole rings is 1. The van der Waals surface area contributed by atoms with Gasteiger partial charge in [0, 0.05) is 36.9 Å². The molecule has 1 atom stereocenters. The van der Waals surface area contributed by atoms with E-state index in [2.05, 4.69) is 14.8 Å². The van der Waals surface area contributed by atoms with Gasteiger partial charge in [0.15, 0.2) is 5.13 Å². The van der Waals surface area contributed by atoms with Gasteiger partial charge in [0.1, 0.15) is 5.69 Å². The minimum Gasteiger partial charge on any atom is -0.334 e. The first kappa shape index (κ1) is 20.5. The van der Waals surface area contributed by atoms with E-state index in [0.717, 1.165) is 43.6 Å². The number of hydrogen-bond acceptors (Lipinski definition) is 6. The molecule has 10 heteroatoms. The highest BCUT2D eigenvalue weighted by Crippen LogP contribution is 2.25. The summed E-state index contributed by atoms with van der Waals surface area (Å²) in [6.07, 6.45) is 7.49. The Morgan fingerprint density at radius 1 is 1.20 bits per heavy atom. The molecule has 0 aliphatic carbocycles. The van der Waals surface area contributed by atoms with E-state index >= 15 is 0 Å². The van der Waals surface area contributed by atoms with Crippen LogP contribution in [0.3, 0.4) is 0 Å². The first-order valence-electron chi connectivity index (χ1n) is 9.85. The number of aryl methyl sites for hydroxylation is 1. The summed E-state index contributed by atoms with van der Waals surface area (Å²) in [5.41, 5.74) is 0.275.